The van der Waals surface area contributed by atoms with Gasteiger partial charge in [-0.15, -0.1) is 11.8 Å². The second-order valence-corrected chi connectivity index (χ2v) is 6.15. The van der Waals surface area contributed by atoms with Crippen molar-refractivity contribution in [1.29, 1.82) is 0 Å². The molecule has 2 heteroatoms. The number of fused-ring (bicyclic) bond motifs is 1. The maximum atomic E-state index is 3.72. The van der Waals surface area contributed by atoms with Crippen LogP contribution >= 0.6 is 11.8 Å². The van der Waals surface area contributed by atoms with Gasteiger partial charge >= 0.3 is 0 Å². The van der Waals surface area contributed by atoms with Crippen molar-refractivity contribution >= 4 is 11.8 Å². The number of hydrogen-bond donors (Lipinski definition) is 1. The molecule has 1 aromatic rings. The van der Waals surface area contributed by atoms with Crippen LogP contribution in [-0.2, 0) is 0 Å². The molecule has 1 fully saturated rings. The lowest BCUT2D eigenvalue weighted by Gasteiger charge is -2.16. The molecule has 80 valence electrons. The summed E-state index contributed by atoms with van der Waals surface area (Å²) in [5.74, 6) is 1.20. The molecular weight excluding hydrogens is 202 g/mol. The van der Waals surface area contributed by atoms with Crippen LogP contribution in [0, 0.1) is 5.41 Å². The summed E-state index contributed by atoms with van der Waals surface area (Å²) in [5, 5.41) is 3.72. The molecule has 0 amide bonds. The smallest absolute Gasteiger partial charge is 0.0426 e. The second kappa shape index (κ2) is 3.53. The van der Waals surface area contributed by atoms with Crippen molar-refractivity contribution in [3.8, 4) is 0 Å². The third-order valence-electron chi connectivity index (χ3n) is 3.58. The molecule has 1 nitrogen and oxygen atoms in total. The van der Waals surface area contributed by atoms with Crippen LogP contribution in [0.2, 0.25) is 0 Å². The molecule has 15 heavy (non-hydrogen) atoms. The Morgan fingerprint density at radius 2 is 2.20 bits per heavy atom. The fourth-order valence-corrected chi connectivity index (χ4v) is 3.29. The van der Waals surface area contributed by atoms with E-state index in [1.807, 2.05) is 11.8 Å². The molecular formula is C13H17NS. The van der Waals surface area contributed by atoms with Gasteiger partial charge in [-0.1, -0.05) is 25.1 Å². The highest BCUT2D eigenvalue weighted by atomic mass is 32.2. The van der Waals surface area contributed by atoms with E-state index in [4.69, 9.17) is 0 Å². The second-order valence-electron chi connectivity index (χ2n) is 5.09. The number of hydrogen-bond acceptors (Lipinski definition) is 2. The first kappa shape index (κ1) is 9.73. The van der Waals surface area contributed by atoms with Gasteiger partial charge in [0.1, 0.15) is 0 Å². The molecule has 3 rings (SSSR count). The summed E-state index contributed by atoms with van der Waals surface area (Å²) in [5.41, 5.74) is 2.12. The highest BCUT2D eigenvalue weighted by molar-refractivity contribution is 7.99. The summed E-state index contributed by atoms with van der Waals surface area (Å²) in [6, 6.07) is 9.38. The maximum Gasteiger partial charge on any atom is 0.0426 e. The highest BCUT2D eigenvalue weighted by Gasteiger charge is 2.37. The van der Waals surface area contributed by atoms with Crippen LogP contribution in [0.5, 0.6) is 0 Å². The first-order valence-electron chi connectivity index (χ1n) is 5.72. The van der Waals surface area contributed by atoms with Gasteiger partial charge in [-0.3, -0.25) is 0 Å². The predicted molar refractivity (Wildman–Crippen MR) is 65.3 cm³/mol. The third kappa shape index (κ3) is 1.93. The van der Waals surface area contributed by atoms with Crippen LogP contribution in [0.3, 0.4) is 0 Å². The van der Waals surface area contributed by atoms with E-state index in [0.717, 1.165) is 0 Å². The van der Waals surface area contributed by atoms with Crippen molar-refractivity contribution in [1.82, 2.24) is 5.32 Å². The van der Waals surface area contributed by atoms with Crippen molar-refractivity contribution in [2.75, 3.05) is 12.3 Å². The van der Waals surface area contributed by atoms with Crippen LogP contribution < -0.4 is 5.32 Å². The molecule has 1 N–H and O–H groups in total. The Balaban J connectivity index is 1.68. The minimum absolute atomic E-state index is 0.587. The van der Waals surface area contributed by atoms with Crippen molar-refractivity contribution in [2.45, 2.75) is 30.7 Å². The highest BCUT2D eigenvalue weighted by Crippen LogP contribution is 2.45. The molecule has 0 radical (unpaired) electrons. The monoisotopic (exact) mass is 219 g/mol. The Morgan fingerprint density at radius 3 is 3.00 bits per heavy atom. The minimum atomic E-state index is 0.587. The van der Waals surface area contributed by atoms with Crippen LogP contribution in [-0.4, -0.2) is 12.3 Å². The zero-order chi connectivity index (χ0) is 10.3. The molecule has 1 atom stereocenters. The van der Waals surface area contributed by atoms with Gasteiger partial charge in [0.15, 0.2) is 0 Å². The Labute approximate surface area is 95.6 Å². The summed E-state index contributed by atoms with van der Waals surface area (Å²) in [7, 11) is 0. The van der Waals surface area contributed by atoms with Gasteiger partial charge in [0.2, 0.25) is 0 Å². The van der Waals surface area contributed by atoms with E-state index in [0.29, 0.717) is 11.5 Å². The number of rotatable bonds is 3. The van der Waals surface area contributed by atoms with E-state index in [1.165, 1.54) is 35.6 Å². The Kier molecular flexibility index (Phi) is 2.29. The predicted octanol–water partition coefficient (Wildman–Crippen LogP) is 3.22. The lowest BCUT2D eigenvalue weighted by Crippen LogP contribution is -2.27. The largest absolute Gasteiger partial charge is 0.309 e. The summed E-state index contributed by atoms with van der Waals surface area (Å²) >= 11 is 1.98. The van der Waals surface area contributed by atoms with Crippen LogP contribution in [0.4, 0.5) is 0 Å². The standard InChI is InChI=1S/C13H17NS/c1-13(6-7-13)9-14-11-8-15-12-5-3-2-4-10(11)12/h2-5,11,14H,6-9H2,1H3. The summed E-state index contributed by atoms with van der Waals surface area (Å²) in [4.78, 5) is 1.47. The fourth-order valence-electron chi connectivity index (χ4n) is 2.09. The van der Waals surface area contributed by atoms with E-state index >= 15 is 0 Å². The summed E-state index contributed by atoms with van der Waals surface area (Å²) in [6.07, 6.45) is 2.81. The average Bonchev–Trinajstić information content (AvgIpc) is 2.86. The lowest BCUT2D eigenvalue weighted by molar-refractivity contribution is 0.461. The normalized spacial score (nSPS) is 26.3. The van der Waals surface area contributed by atoms with E-state index in [9.17, 15) is 0 Å². The average molecular weight is 219 g/mol. The van der Waals surface area contributed by atoms with Gasteiger partial charge in [0.05, 0.1) is 0 Å². The fraction of sp³-hybridized carbons (Fsp3) is 0.538. The van der Waals surface area contributed by atoms with E-state index in [2.05, 4.69) is 36.5 Å². The number of nitrogens with one attached hydrogen (secondary N) is 1. The molecule has 1 aromatic carbocycles. The zero-order valence-electron chi connectivity index (χ0n) is 9.12. The van der Waals surface area contributed by atoms with E-state index in [-0.39, 0.29) is 0 Å². The lowest BCUT2D eigenvalue weighted by atomic mass is 10.1. The maximum absolute atomic E-state index is 3.72. The molecule has 0 saturated heterocycles. The van der Waals surface area contributed by atoms with Crippen molar-refractivity contribution in [3.05, 3.63) is 29.8 Å². The van der Waals surface area contributed by atoms with Crippen molar-refractivity contribution in [3.63, 3.8) is 0 Å². The van der Waals surface area contributed by atoms with Crippen molar-refractivity contribution in [2.24, 2.45) is 5.41 Å². The number of benzene rings is 1. The first-order valence-corrected chi connectivity index (χ1v) is 6.71. The molecule has 0 bridgehead atoms. The van der Waals surface area contributed by atoms with Crippen LogP contribution in [0.15, 0.2) is 29.2 Å². The Bertz CT molecular complexity index is 371. The van der Waals surface area contributed by atoms with Crippen LogP contribution in [0.1, 0.15) is 31.4 Å². The van der Waals surface area contributed by atoms with E-state index in [1.54, 1.807) is 0 Å². The molecule has 2 aliphatic rings. The molecule has 1 saturated carbocycles. The third-order valence-corrected chi connectivity index (χ3v) is 4.76. The molecule has 1 aliphatic heterocycles. The van der Waals surface area contributed by atoms with E-state index < -0.39 is 0 Å². The van der Waals surface area contributed by atoms with Gasteiger partial charge < -0.3 is 5.32 Å². The Hall–Kier alpha value is -0.470. The van der Waals surface area contributed by atoms with Crippen molar-refractivity contribution < 1.29 is 0 Å². The van der Waals surface area contributed by atoms with Gasteiger partial charge in [0.25, 0.3) is 0 Å². The quantitative estimate of drug-likeness (QED) is 0.837. The van der Waals surface area contributed by atoms with Gasteiger partial charge in [-0.2, -0.15) is 0 Å². The van der Waals surface area contributed by atoms with Gasteiger partial charge in [0, 0.05) is 23.2 Å². The molecule has 1 aliphatic carbocycles. The first-order chi connectivity index (χ1) is 7.27. The summed E-state index contributed by atoms with van der Waals surface area (Å²) < 4.78 is 0. The molecule has 1 heterocycles. The number of thioether (sulfide) groups is 1. The minimum Gasteiger partial charge on any atom is -0.309 e. The molecule has 0 spiro atoms. The van der Waals surface area contributed by atoms with Gasteiger partial charge in [-0.25, -0.2) is 0 Å². The Morgan fingerprint density at radius 1 is 1.40 bits per heavy atom. The summed E-state index contributed by atoms with van der Waals surface area (Å²) in [6.45, 7) is 3.57. The SMILES string of the molecule is CC1(CNC2CSc3ccccc32)CC1. The molecule has 1 unspecified atom stereocenters. The zero-order valence-corrected chi connectivity index (χ0v) is 9.94. The van der Waals surface area contributed by atoms with Gasteiger partial charge in [-0.05, 0) is 29.9 Å². The topological polar surface area (TPSA) is 12.0 Å². The van der Waals surface area contributed by atoms with Crippen LogP contribution in [0.25, 0.3) is 0 Å². The molecule has 0 aromatic heterocycles.